The van der Waals surface area contributed by atoms with Crippen molar-refractivity contribution in [2.24, 2.45) is 0 Å². The smallest absolute Gasteiger partial charge is 0.449 e. The number of aromatic nitrogens is 1. The van der Waals surface area contributed by atoms with Crippen LogP contribution in [-0.4, -0.2) is 59.9 Å². The van der Waals surface area contributed by atoms with E-state index < -0.39 is 47.0 Å². The molecule has 4 rings (SSSR count). The molecule has 2 atom stereocenters. The standard InChI is InChI=1S/C23H27ClFN3O7/c1-23(2,3)35-21(30)26-14-8-27(9-15(14)33-4)19-13(25)7-12-18(17(19)24)28(11-5-6-11)10-16(20(12)29)34-22(31)32/h7,10-11,14-15H,5-6,8-9H2,1-4H3,(H,26,30)(H,31,32)/t14-,15+/m0/s1. The molecule has 12 heteroatoms. The number of rotatable bonds is 5. The van der Waals surface area contributed by atoms with Crippen molar-refractivity contribution in [2.45, 2.75) is 57.4 Å². The molecule has 10 nitrogen and oxygen atoms in total. The third-order valence-electron chi connectivity index (χ3n) is 5.88. The predicted octanol–water partition coefficient (Wildman–Crippen LogP) is 3.91. The first-order valence-corrected chi connectivity index (χ1v) is 11.5. The summed E-state index contributed by atoms with van der Waals surface area (Å²) in [5.41, 5.74) is -1.09. The van der Waals surface area contributed by atoms with Crippen molar-refractivity contribution in [1.29, 1.82) is 0 Å². The van der Waals surface area contributed by atoms with Crippen molar-refractivity contribution in [3.63, 3.8) is 0 Å². The van der Waals surface area contributed by atoms with Gasteiger partial charge in [0.25, 0.3) is 0 Å². The van der Waals surface area contributed by atoms with Gasteiger partial charge in [0.15, 0.2) is 5.75 Å². The number of carbonyl (C=O) groups excluding carboxylic acids is 1. The Labute approximate surface area is 205 Å². The highest BCUT2D eigenvalue weighted by molar-refractivity contribution is 6.38. The fourth-order valence-corrected chi connectivity index (χ4v) is 4.71. The molecule has 0 spiro atoms. The minimum Gasteiger partial charge on any atom is -0.449 e. The van der Waals surface area contributed by atoms with E-state index >= 15 is 4.39 Å². The summed E-state index contributed by atoms with van der Waals surface area (Å²) in [5, 5.41) is 11.7. The van der Waals surface area contributed by atoms with E-state index in [1.54, 1.807) is 30.2 Å². The lowest BCUT2D eigenvalue weighted by molar-refractivity contribution is 0.0417. The van der Waals surface area contributed by atoms with Crippen LogP contribution in [0.4, 0.5) is 19.7 Å². The molecule has 1 aromatic carbocycles. The Bertz CT molecular complexity index is 1240. The molecule has 1 saturated carbocycles. The molecular formula is C23H27ClFN3O7. The van der Waals surface area contributed by atoms with Crippen LogP contribution in [0.2, 0.25) is 5.02 Å². The fourth-order valence-electron chi connectivity index (χ4n) is 4.30. The molecule has 2 N–H and O–H groups in total. The van der Waals surface area contributed by atoms with E-state index in [-0.39, 0.29) is 35.2 Å². The van der Waals surface area contributed by atoms with Crippen LogP contribution >= 0.6 is 11.6 Å². The van der Waals surface area contributed by atoms with Gasteiger partial charge in [0.2, 0.25) is 5.43 Å². The zero-order valence-corrected chi connectivity index (χ0v) is 20.5. The second-order valence-corrected chi connectivity index (χ2v) is 10.1. The van der Waals surface area contributed by atoms with E-state index in [2.05, 4.69) is 10.1 Å². The molecule has 2 fully saturated rings. The van der Waals surface area contributed by atoms with Crippen LogP contribution in [0.25, 0.3) is 10.9 Å². The van der Waals surface area contributed by atoms with Gasteiger partial charge in [-0.2, -0.15) is 0 Å². The highest BCUT2D eigenvalue weighted by Gasteiger charge is 2.38. The van der Waals surface area contributed by atoms with Crippen LogP contribution in [0.15, 0.2) is 17.1 Å². The molecule has 0 radical (unpaired) electrons. The summed E-state index contributed by atoms with van der Waals surface area (Å²) in [4.78, 5) is 37.8. The lowest BCUT2D eigenvalue weighted by Gasteiger charge is -2.24. The van der Waals surface area contributed by atoms with Crippen molar-refractivity contribution in [3.05, 3.63) is 33.3 Å². The van der Waals surface area contributed by atoms with Crippen molar-refractivity contribution < 1.29 is 33.3 Å². The molecule has 35 heavy (non-hydrogen) atoms. The van der Waals surface area contributed by atoms with Gasteiger partial charge in [-0.15, -0.1) is 0 Å². The molecule has 1 saturated heterocycles. The lowest BCUT2D eigenvalue weighted by atomic mass is 10.1. The number of pyridine rings is 1. The zero-order valence-electron chi connectivity index (χ0n) is 19.8. The van der Waals surface area contributed by atoms with Crippen molar-refractivity contribution in [1.82, 2.24) is 9.88 Å². The molecule has 1 aliphatic heterocycles. The molecule has 0 unspecified atom stereocenters. The number of methoxy groups -OCH3 is 1. The fraction of sp³-hybridized carbons (Fsp3) is 0.522. The predicted molar refractivity (Wildman–Crippen MR) is 126 cm³/mol. The van der Waals surface area contributed by atoms with E-state index in [0.29, 0.717) is 5.52 Å². The van der Waals surface area contributed by atoms with Crippen LogP contribution < -0.4 is 20.4 Å². The Morgan fingerprint density at radius 2 is 1.94 bits per heavy atom. The number of hydrogen-bond acceptors (Lipinski definition) is 7. The maximum Gasteiger partial charge on any atom is 0.511 e. The summed E-state index contributed by atoms with van der Waals surface area (Å²) >= 11 is 6.71. The molecule has 190 valence electrons. The van der Waals surface area contributed by atoms with Gasteiger partial charge in [0, 0.05) is 26.2 Å². The van der Waals surface area contributed by atoms with Crippen LogP contribution in [0.3, 0.4) is 0 Å². The van der Waals surface area contributed by atoms with Gasteiger partial charge in [-0.1, -0.05) is 11.6 Å². The summed E-state index contributed by atoms with van der Waals surface area (Å²) in [6.07, 6.45) is 0.169. The Balaban J connectivity index is 1.73. The van der Waals surface area contributed by atoms with E-state index in [1.165, 1.54) is 13.3 Å². The van der Waals surface area contributed by atoms with Gasteiger partial charge >= 0.3 is 12.2 Å². The van der Waals surface area contributed by atoms with Gasteiger partial charge in [-0.3, -0.25) is 4.79 Å². The molecule has 1 aliphatic carbocycles. The van der Waals surface area contributed by atoms with Crippen molar-refractivity contribution in [2.75, 3.05) is 25.1 Å². The number of hydrogen-bond donors (Lipinski definition) is 2. The number of ether oxygens (including phenoxy) is 3. The number of nitrogens with zero attached hydrogens (tertiary/aromatic N) is 2. The summed E-state index contributed by atoms with van der Waals surface area (Å²) in [6.45, 7) is 5.66. The van der Waals surface area contributed by atoms with Crippen molar-refractivity contribution >= 4 is 40.4 Å². The Morgan fingerprint density at radius 1 is 1.26 bits per heavy atom. The summed E-state index contributed by atoms with van der Waals surface area (Å²) in [7, 11) is 1.49. The summed E-state index contributed by atoms with van der Waals surface area (Å²) in [6, 6.07) is 0.526. The van der Waals surface area contributed by atoms with E-state index in [0.717, 1.165) is 18.9 Å². The van der Waals surface area contributed by atoms with Crippen molar-refractivity contribution in [3.8, 4) is 5.75 Å². The number of carboxylic acid groups (broad SMARTS) is 1. The minimum absolute atomic E-state index is 0.0126. The number of carbonyl (C=O) groups is 2. The first kappa shape index (κ1) is 25.1. The van der Waals surface area contributed by atoms with Gasteiger partial charge in [-0.05, 0) is 39.7 Å². The second kappa shape index (κ2) is 9.19. The van der Waals surface area contributed by atoms with Gasteiger partial charge in [0.1, 0.15) is 11.4 Å². The Hall–Kier alpha value is -3.05. The normalized spacial score (nSPS) is 20.2. The van der Waals surface area contributed by atoms with Crippen LogP contribution in [0.5, 0.6) is 5.75 Å². The van der Waals surface area contributed by atoms with Crippen LogP contribution in [0, 0.1) is 5.82 Å². The van der Waals surface area contributed by atoms with E-state index in [1.807, 2.05) is 0 Å². The molecule has 2 aromatic rings. The maximum absolute atomic E-state index is 15.4. The van der Waals surface area contributed by atoms with Gasteiger partial charge in [0.05, 0.1) is 40.0 Å². The highest BCUT2D eigenvalue weighted by atomic mass is 35.5. The highest BCUT2D eigenvalue weighted by Crippen LogP contribution is 2.43. The topological polar surface area (TPSA) is 119 Å². The van der Waals surface area contributed by atoms with Gasteiger partial charge < -0.3 is 34.1 Å². The first-order valence-electron chi connectivity index (χ1n) is 11.1. The largest absolute Gasteiger partial charge is 0.511 e. The summed E-state index contributed by atoms with van der Waals surface area (Å²) in [5.74, 6) is -1.18. The average molecular weight is 512 g/mol. The number of fused-ring (bicyclic) bond motifs is 1. The summed E-state index contributed by atoms with van der Waals surface area (Å²) < 4.78 is 32.6. The van der Waals surface area contributed by atoms with E-state index in [9.17, 15) is 14.4 Å². The quantitative estimate of drug-likeness (QED) is 0.580. The molecule has 1 aromatic heterocycles. The average Bonchev–Trinajstić information content (AvgIpc) is 3.50. The first-order chi connectivity index (χ1) is 16.4. The number of alkyl carbamates (subject to hydrolysis) is 1. The molecule has 2 heterocycles. The lowest BCUT2D eigenvalue weighted by Crippen LogP contribution is -2.45. The minimum atomic E-state index is -1.64. The SMILES string of the molecule is CO[C@@H]1CN(c2c(F)cc3c(=O)c(OC(=O)O)cn(C4CC4)c3c2Cl)C[C@@H]1NC(=O)OC(C)(C)C. The molecular weight excluding hydrogens is 485 g/mol. The third-order valence-corrected chi connectivity index (χ3v) is 6.23. The number of nitrogens with one attached hydrogen (secondary N) is 1. The monoisotopic (exact) mass is 511 g/mol. The maximum atomic E-state index is 15.4. The zero-order chi connectivity index (χ0) is 25.7. The Kier molecular flexibility index (Phi) is 6.58. The molecule has 1 amide bonds. The third kappa shape index (κ3) is 5.15. The molecule has 2 aliphatic rings. The van der Waals surface area contributed by atoms with Crippen LogP contribution in [-0.2, 0) is 9.47 Å². The van der Waals surface area contributed by atoms with E-state index in [4.69, 9.17) is 26.2 Å². The van der Waals surface area contributed by atoms with Gasteiger partial charge in [-0.25, -0.2) is 14.0 Å². The van der Waals surface area contributed by atoms with Crippen LogP contribution in [0.1, 0.15) is 39.7 Å². The number of halogens is 2. The number of anilines is 1. The number of benzene rings is 1. The molecule has 0 bridgehead atoms. The Morgan fingerprint density at radius 3 is 2.51 bits per heavy atom. The number of amides is 1. The second-order valence-electron chi connectivity index (χ2n) is 9.68.